The standard InChI is InChI=1S/C7H9N3S.CH3Cl/c8-7(9)11-5-6-1-3-10-4-2-6;1-2/h1-4H,5H2,(H3,8,9);1H3. The fourth-order valence-corrected chi connectivity index (χ4v) is 1.15. The summed E-state index contributed by atoms with van der Waals surface area (Å²) in [6.45, 7) is 0. The summed E-state index contributed by atoms with van der Waals surface area (Å²) >= 11 is 5.96. The Morgan fingerprint density at radius 3 is 2.54 bits per heavy atom. The summed E-state index contributed by atoms with van der Waals surface area (Å²) in [6.07, 6.45) is 4.94. The number of thioether (sulfide) groups is 1. The van der Waals surface area contributed by atoms with Gasteiger partial charge in [0.05, 0.1) is 0 Å². The molecular weight excluding hydrogens is 206 g/mol. The first-order valence-electron chi connectivity index (χ1n) is 3.52. The van der Waals surface area contributed by atoms with Crippen LogP contribution in [0.2, 0.25) is 0 Å². The van der Waals surface area contributed by atoms with Gasteiger partial charge in [0.1, 0.15) is 0 Å². The van der Waals surface area contributed by atoms with Crippen molar-refractivity contribution in [1.82, 2.24) is 4.98 Å². The summed E-state index contributed by atoms with van der Waals surface area (Å²) < 4.78 is 0. The van der Waals surface area contributed by atoms with E-state index in [1.807, 2.05) is 12.1 Å². The molecule has 0 saturated carbocycles. The molecule has 3 nitrogen and oxygen atoms in total. The van der Waals surface area contributed by atoms with Gasteiger partial charge in [-0.1, -0.05) is 11.8 Å². The lowest BCUT2D eigenvalue weighted by atomic mass is 10.3. The molecule has 0 unspecified atom stereocenters. The molecule has 13 heavy (non-hydrogen) atoms. The van der Waals surface area contributed by atoms with E-state index in [1.165, 1.54) is 18.1 Å². The van der Waals surface area contributed by atoms with Gasteiger partial charge in [-0.2, -0.15) is 0 Å². The molecule has 0 radical (unpaired) electrons. The first kappa shape index (κ1) is 12.3. The van der Waals surface area contributed by atoms with Crippen molar-refractivity contribution in [3.8, 4) is 0 Å². The van der Waals surface area contributed by atoms with E-state index >= 15 is 0 Å². The Kier molecular flexibility index (Phi) is 7.44. The predicted molar refractivity (Wildman–Crippen MR) is 59.2 cm³/mol. The number of aromatic nitrogens is 1. The van der Waals surface area contributed by atoms with Crippen molar-refractivity contribution >= 4 is 28.5 Å². The van der Waals surface area contributed by atoms with Crippen LogP contribution in [-0.2, 0) is 5.75 Å². The highest BCUT2D eigenvalue weighted by Crippen LogP contribution is 2.09. The van der Waals surface area contributed by atoms with Gasteiger partial charge >= 0.3 is 0 Å². The highest BCUT2D eigenvalue weighted by Gasteiger charge is 1.92. The zero-order valence-corrected chi connectivity index (χ0v) is 8.90. The van der Waals surface area contributed by atoms with Crippen molar-refractivity contribution in [2.45, 2.75) is 5.75 Å². The summed E-state index contributed by atoms with van der Waals surface area (Å²) in [4.78, 5) is 3.88. The number of hydrogen-bond donors (Lipinski definition) is 2. The largest absolute Gasteiger partial charge is 0.379 e. The third-order valence-corrected chi connectivity index (χ3v) is 1.93. The molecule has 0 bridgehead atoms. The Balaban J connectivity index is 0.000000671. The molecule has 1 heterocycles. The van der Waals surface area contributed by atoms with E-state index < -0.39 is 0 Å². The molecule has 0 saturated heterocycles. The number of nitrogens with two attached hydrogens (primary N) is 1. The van der Waals surface area contributed by atoms with Gasteiger partial charge in [-0.15, -0.1) is 11.6 Å². The smallest absolute Gasteiger partial charge is 0.151 e. The first-order chi connectivity index (χ1) is 6.29. The van der Waals surface area contributed by atoms with Crippen molar-refractivity contribution < 1.29 is 0 Å². The predicted octanol–water partition coefficient (Wildman–Crippen LogP) is 2.06. The first-order valence-corrected chi connectivity index (χ1v) is 5.26. The monoisotopic (exact) mass is 217 g/mol. The topological polar surface area (TPSA) is 62.8 Å². The lowest BCUT2D eigenvalue weighted by Crippen LogP contribution is -2.03. The molecule has 3 N–H and O–H groups in total. The van der Waals surface area contributed by atoms with Crippen LogP contribution < -0.4 is 5.73 Å². The van der Waals surface area contributed by atoms with Crippen LogP contribution in [0.3, 0.4) is 0 Å². The third kappa shape index (κ3) is 6.42. The molecule has 0 atom stereocenters. The molecular formula is C8H12ClN3S. The normalized spacial score (nSPS) is 8.46. The SMILES string of the molecule is CCl.N=C(N)SCc1ccncc1. The van der Waals surface area contributed by atoms with E-state index in [0.29, 0.717) is 0 Å². The number of alkyl halides is 1. The van der Waals surface area contributed by atoms with Gasteiger partial charge in [-0.05, 0) is 17.7 Å². The highest BCUT2D eigenvalue weighted by atomic mass is 35.5. The van der Waals surface area contributed by atoms with E-state index in [0.717, 1.165) is 11.3 Å². The van der Waals surface area contributed by atoms with Crippen LogP contribution >= 0.6 is 23.4 Å². The molecule has 1 aromatic rings. The maximum Gasteiger partial charge on any atom is 0.151 e. The molecule has 0 spiro atoms. The van der Waals surface area contributed by atoms with Crippen LogP contribution in [0, 0.1) is 5.41 Å². The molecule has 0 aliphatic carbocycles. The Labute approximate surface area is 87.2 Å². The number of pyridine rings is 1. The van der Waals surface area contributed by atoms with Gasteiger partial charge in [0.15, 0.2) is 5.17 Å². The van der Waals surface area contributed by atoms with Gasteiger partial charge in [0.25, 0.3) is 0 Å². The van der Waals surface area contributed by atoms with Crippen molar-refractivity contribution in [2.75, 3.05) is 6.38 Å². The van der Waals surface area contributed by atoms with E-state index in [4.69, 9.17) is 11.1 Å². The van der Waals surface area contributed by atoms with Gasteiger partial charge in [-0.3, -0.25) is 10.4 Å². The maximum absolute atomic E-state index is 6.97. The van der Waals surface area contributed by atoms with Crippen LogP contribution in [0.5, 0.6) is 0 Å². The van der Waals surface area contributed by atoms with Gasteiger partial charge in [0, 0.05) is 24.5 Å². The van der Waals surface area contributed by atoms with Crippen LogP contribution in [0.4, 0.5) is 0 Å². The number of nitrogens with one attached hydrogen (secondary N) is 1. The van der Waals surface area contributed by atoms with Crippen molar-refractivity contribution in [2.24, 2.45) is 5.73 Å². The minimum Gasteiger partial charge on any atom is -0.379 e. The van der Waals surface area contributed by atoms with E-state index in [1.54, 1.807) is 12.4 Å². The minimum absolute atomic E-state index is 0.154. The zero-order valence-electron chi connectivity index (χ0n) is 7.33. The van der Waals surface area contributed by atoms with Crippen molar-refractivity contribution in [3.05, 3.63) is 30.1 Å². The average Bonchev–Trinajstić information content (AvgIpc) is 2.19. The molecule has 0 aromatic carbocycles. The van der Waals surface area contributed by atoms with Crippen LogP contribution in [0.25, 0.3) is 0 Å². The van der Waals surface area contributed by atoms with Crippen molar-refractivity contribution in [3.63, 3.8) is 0 Å². The van der Waals surface area contributed by atoms with Crippen molar-refractivity contribution in [1.29, 1.82) is 5.41 Å². The number of amidine groups is 1. The fourth-order valence-electron chi connectivity index (χ4n) is 0.640. The second-order valence-corrected chi connectivity index (χ2v) is 3.03. The summed E-state index contributed by atoms with van der Waals surface area (Å²) in [5.41, 5.74) is 6.31. The Morgan fingerprint density at radius 2 is 2.08 bits per heavy atom. The van der Waals surface area contributed by atoms with Gasteiger partial charge in [0.2, 0.25) is 0 Å². The molecule has 0 fully saturated rings. The quantitative estimate of drug-likeness (QED) is 0.453. The lowest BCUT2D eigenvalue weighted by Gasteiger charge is -1.97. The number of halogens is 1. The number of rotatable bonds is 2. The van der Waals surface area contributed by atoms with E-state index in [2.05, 4.69) is 16.6 Å². The van der Waals surface area contributed by atoms with E-state index in [9.17, 15) is 0 Å². The summed E-state index contributed by atoms with van der Waals surface area (Å²) in [6, 6.07) is 3.83. The summed E-state index contributed by atoms with van der Waals surface area (Å²) in [5, 5.41) is 7.12. The van der Waals surface area contributed by atoms with Crippen LogP contribution in [-0.4, -0.2) is 16.5 Å². The molecule has 1 rings (SSSR count). The van der Waals surface area contributed by atoms with Crippen LogP contribution in [0.15, 0.2) is 24.5 Å². The summed E-state index contributed by atoms with van der Waals surface area (Å²) in [7, 11) is 0. The van der Waals surface area contributed by atoms with Gasteiger partial charge < -0.3 is 5.73 Å². The molecule has 0 aliphatic heterocycles. The second kappa shape index (κ2) is 7.89. The summed E-state index contributed by atoms with van der Waals surface area (Å²) in [5.74, 6) is 0.748. The average molecular weight is 218 g/mol. The van der Waals surface area contributed by atoms with Gasteiger partial charge in [-0.25, -0.2) is 0 Å². The molecule has 72 valence electrons. The highest BCUT2D eigenvalue weighted by molar-refractivity contribution is 8.13. The fraction of sp³-hybridized carbons (Fsp3) is 0.250. The Hall–Kier alpha value is -0.740. The molecule has 0 aliphatic rings. The second-order valence-electron chi connectivity index (χ2n) is 2.01. The molecule has 5 heteroatoms. The zero-order chi connectivity index (χ0) is 10.1. The van der Waals surface area contributed by atoms with E-state index in [-0.39, 0.29) is 5.17 Å². The minimum atomic E-state index is 0.154. The lowest BCUT2D eigenvalue weighted by molar-refractivity contribution is 1.27. The number of hydrogen-bond acceptors (Lipinski definition) is 3. The Morgan fingerprint density at radius 1 is 1.54 bits per heavy atom. The molecule has 1 aromatic heterocycles. The third-order valence-electron chi connectivity index (χ3n) is 1.14. The Bertz CT molecular complexity index is 240. The molecule has 0 amide bonds. The number of nitrogens with zero attached hydrogens (tertiary/aromatic N) is 1. The van der Waals surface area contributed by atoms with Crippen LogP contribution in [0.1, 0.15) is 5.56 Å². The maximum atomic E-state index is 6.97.